The summed E-state index contributed by atoms with van der Waals surface area (Å²) >= 11 is 11.2. The van der Waals surface area contributed by atoms with Crippen LogP contribution in [-0.2, 0) is 0 Å². The highest BCUT2D eigenvalue weighted by atomic mass is 35.5. The molecule has 0 aliphatic carbocycles. The van der Waals surface area contributed by atoms with E-state index in [9.17, 15) is 0 Å². The van der Waals surface area contributed by atoms with Gasteiger partial charge in [-0.1, -0.05) is 30.2 Å². The molecule has 1 aromatic carbocycles. The molecular formula is C15H20ClN3S. The molecule has 1 aromatic rings. The fraction of sp³-hybridized carbons (Fsp3) is 0.533. The number of piperidine rings is 1. The van der Waals surface area contributed by atoms with Crippen LogP contribution < -0.4 is 11.1 Å². The molecule has 2 aliphatic heterocycles. The molecule has 20 heavy (non-hydrogen) atoms. The maximum Gasteiger partial charge on any atom is 0.105 e. The smallest absolute Gasteiger partial charge is 0.105 e. The molecule has 0 amide bonds. The van der Waals surface area contributed by atoms with Crippen LogP contribution in [-0.4, -0.2) is 35.1 Å². The minimum absolute atomic E-state index is 0.348. The quantitative estimate of drug-likeness (QED) is 0.842. The van der Waals surface area contributed by atoms with Crippen molar-refractivity contribution < 1.29 is 0 Å². The molecule has 2 heterocycles. The van der Waals surface area contributed by atoms with E-state index in [4.69, 9.17) is 29.6 Å². The highest BCUT2D eigenvalue weighted by molar-refractivity contribution is 7.80. The maximum absolute atomic E-state index is 6.23. The molecule has 3 rings (SSSR count). The lowest BCUT2D eigenvalue weighted by molar-refractivity contribution is 0.193. The molecule has 2 aliphatic rings. The van der Waals surface area contributed by atoms with E-state index in [0.717, 1.165) is 11.3 Å². The molecule has 108 valence electrons. The van der Waals surface area contributed by atoms with E-state index in [1.54, 1.807) is 0 Å². The molecule has 2 fully saturated rings. The second-order valence-electron chi connectivity index (χ2n) is 5.70. The van der Waals surface area contributed by atoms with E-state index in [2.05, 4.69) is 10.2 Å². The van der Waals surface area contributed by atoms with Gasteiger partial charge in [0, 0.05) is 29.9 Å². The van der Waals surface area contributed by atoms with Crippen molar-refractivity contribution in [2.45, 2.75) is 37.8 Å². The molecule has 3 nitrogen and oxygen atoms in total. The summed E-state index contributed by atoms with van der Waals surface area (Å²) in [6, 6.07) is 7.06. The molecule has 0 saturated carbocycles. The van der Waals surface area contributed by atoms with E-state index in [1.807, 2.05) is 18.2 Å². The summed E-state index contributed by atoms with van der Waals surface area (Å²) in [6.07, 6.45) is 5.20. The van der Waals surface area contributed by atoms with Crippen LogP contribution >= 0.6 is 23.8 Å². The van der Waals surface area contributed by atoms with Crippen LogP contribution in [0.3, 0.4) is 0 Å². The maximum atomic E-state index is 6.23. The van der Waals surface area contributed by atoms with E-state index < -0.39 is 0 Å². The molecule has 3 N–H and O–H groups in total. The van der Waals surface area contributed by atoms with Gasteiger partial charge in [0.2, 0.25) is 0 Å². The number of hydrogen-bond donors (Lipinski definition) is 2. The van der Waals surface area contributed by atoms with Gasteiger partial charge in [-0.05, 0) is 44.0 Å². The first-order valence-electron chi connectivity index (χ1n) is 7.25. The molecule has 0 spiro atoms. The number of nitrogens with two attached hydrogens (primary N) is 1. The van der Waals surface area contributed by atoms with Gasteiger partial charge < -0.3 is 11.1 Å². The largest absolute Gasteiger partial charge is 0.389 e. The zero-order valence-corrected chi connectivity index (χ0v) is 13.0. The van der Waals surface area contributed by atoms with Crippen LogP contribution in [0.4, 0.5) is 5.69 Å². The predicted octanol–water partition coefficient (Wildman–Crippen LogP) is 3.01. The van der Waals surface area contributed by atoms with Crippen molar-refractivity contribution in [3.63, 3.8) is 0 Å². The number of nitrogens with one attached hydrogen (secondary N) is 1. The number of thiocarbonyl (C=S) groups is 1. The molecule has 0 bridgehead atoms. The average molecular weight is 310 g/mol. The Kier molecular flexibility index (Phi) is 4.15. The Hall–Kier alpha value is -0.840. The van der Waals surface area contributed by atoms with E-state index in [0.29, 0.717) is 22.1 Å². The van der Waals surface area contributed by atoms with Gasteiger partial charge in [-0.15, -0.1) is 0 Å². The third-order valence-electron chi connectivity index (χ3n) is 4.44. The van der Waals surface area contributed by atoms with Crippen LogP contribution in [0.25, 0.3) is 0 Å². The summed E-state index contributed by atoms with van der Waals surface area (Å²) in [5.41, 5.74) is 7.45. The Morgan fingerprint density at radius 2 is 2.15 bits per heavy atom. The van der Waals surface area contributed by atoms with Gasteiger partial charge in [0.05, 0.1) is 5.02 Å². The van der Waals surface area contributed by atoms with Crippen LogP contribution in [0, 0.1) is 0 Å². The fourth-order valence-electron chi connectivity index (χ4n) is 3.43. The molecule has 2 atom stereocenters. The lowest BCUT2D eigenvalue weighted by Crippen LogP contribution is -2.41. The first-order chi connectivity index (χ1) is 9.65. The van der Waals surface area contributed by atoms with Gasteiger partial charge in [0.1, 0.15) is 4.99 Å². The topological polar surface area (TPSA) is 41.3 Å². The van der Waals surface area contributed by atoms with Gasteiger partial charge in [-0.2, -0.15) is 0 Å². The number of benzene rings is 1. The third-order valence-corrected chi connectivity index (χ3v) is 4.98. The average Bonchev–Trinajstić information content (AvgIpc) is 2.82. The van der Waals surface area contributed by atoms with Crippen molar-refractivity contribution in [1.82, 2.24) is 4.90 Å². The third kappa shape index (κ3) is 2.78. The van der Waals surface area contributed by atoms with Gasteiger partial charge >= 0.3 is 0 Å². The highest BCUT2D eigenvalue weighted by Gasteiger charge is 2.35. The summed E-state index contributed by atoms with van der Waals surface area (Å²) in [7, 11) is 0. The Morgan fingerprint density at radius 1 is 1.30 bits per heavy atom. The summed E-state index contributed by atoms with van der Waals surface area (Å²) in [5, 5.41) is 4.26. The van der Waals surface area contributed by atoms with Crippen molar-refractivity contribution in [3.05, 3.63) is 28.8 Å². The Morgan fingerprint density at radius 3 is 2.90 bits per heavy atom. The van der Waals surface area contributed by atoms with Gasteiger partial charge in [-0.25, -0.2) is 0 Å². The summed E-state index contributed by atoms with van der Waals surface area (Å²) in [4.78, 5) is 2.97. The number of rotatable bonds is 3. The molecule has 2 unspecified atom stereocenters. The minimum Gasteiger partial charge on any atom is -0.389 e. The van der Waals surface area contributed by atoms with Crippen molar-refractivity contribution in [1.29, 1.82) is 0 Å². The van der Waals surface area contributed by atoms with Crippen LogP contribution in [0.5, 0.6) is 0 Å². The molecular weight excluding hydrogens is 290 g/mol. The number of fused-ring (bicyclic) bond motifs is 1. The van der Waals surface area contributed by atoms with E-state index in [-0.39, 0.29) is 0 Å². The van der Waals surface area contributed by atoms with Gasteiger partial charge in [0.25, 0.3) is 0 Å². The second kappa shape index (κ2) is 5.88. The van der Waals surface area contributed by atoms with Crippen LogP contribution in [0.15, 0.2) is 18.2 Å². The predicted molar refractivity (Wildman–Crippen MR) is 88.6 cm³/mol. The van der Waals surface area contributed by atoms with Crippen molar-refractivity contribution in [3.8, 4) is 0 Å². The monoisotopic (exact) mass is 309 g/mol. The number of nitrogens with zero attached hydrogens (tertiary/aromatic N) is 1. The van der Waals surface area contributed by atoms with E-state index >= 15 is 0 Å². The first-order valence-corrected chi connectivity index (χ1v) is 8.04. The van der Waals surface area contributed by atoms with E-state index in [1.165, 1.54) is 38.8 Å². The van der Waals surface area contributed by atoms with Gasteiger partial charge in [-0.3, -0.25) is 4.90 Å². The molecule has 2 saturated heterocycles. The zero-order valence-electron chi connectivity index (χ0n) is 11.4. The second-order valence-corrected chi connectivity index (χ2v) is 6.54. The van der Waals surface area contributed by atoms with Crippen molar-refractivity contribution in [2.75, 3.05) is 18.4 Å². The van der Waals surface area contributed by atoms with Crippen LogP contribution in [0.1, 0.15) is 31.2 Å². The van der Waals surface area contributed by atoms with Crippen LogP contribution in [0.2, 0.25) is 5.02 Å². The van der Waals surface area contributed by atoms with Gasteiger partial charge in [0.15, 0.2) is 0 Å². The number of anilines is 1. The Labute approximate surface area is 130 Å². The summed E-state index contributed by atoms with van der Waals surface area (Å²) in [5.74, 6) is 0. The Balaban J connectivity index is 1.72. The summed E-state index contributed by atoms with van der Waals surface area (Å²) < 4.78 is 0. The molecule has 5 heteroatoms. The van der Waals surface area contributed by atoms with Crippen molar-refractivity contribution in [2.24, 2.45) is 5.73 Å². The highest BCUT2D eigenvalue weighted by Crippen LogP contribution is 2.30. The zero-order chi connectivity index (χ0) is 14.1. The number of halogens is 1. The normalized spacial score (nSPS) is 26.2. The van der Waals surface area contributed by atoms with Crippen molar-refractivity contribution >= 4 is 34.5 Å². The first kappa shape index (κ1) is 14.1. The minimum atomic E-state index is 0.348. The Bertz CT molecular complexity index is 520. The fourth-order valence-corrected chi connectivity index (χ4v) is 3.95. The number of hydrogen-bond acceptors (Lipinski definition) is 3. The lowest BCUT2D eigenvalue weighted by Gasteiger charge is -2.33. The summed E-state index contributed by atoms with van der Waals surface area (Å²) in [6.45, 7) is 2.46. The SMILES string of the molecule is NC(=S)c1ccc(NC2CCN3CCCCC23)cc1Cl. The molecule has 0 aromatic heterocycles. The lowest BCUT2D eigenvalue weighted by atomic mass is 9.99. The molecule has 0 radical (unpaired) electrons. The standard InChI is InChI=1S/C15H20ClN3S/c16-12-9-10(4-5-11(12)15(17)20)18-13-6-8-19-7-2-1-3-14(13)19/h4-5,9,13-14,18H,1-3,6-8H2,(H2,17,20).